The summed E-state index contributed by atoms with van der Waals surface area (Å²) < 4.78 is 16.5. The average molecular weight is 561 g/mol. The highest BCUT2D eigenvalue weighted by molar-refractivity contribution is 5.90. The molecule has 1 saturated heterocycles. The second kappa shape index (κ2) is 12.7. The van der Waals surface area contributed by atoms with Crippen molar-refractivity contribution in [3.05, 3.63) is 64.6 Å². The van der Waals surface area contributed by atoms with Crippen molar-refractivity contribution in [2.45, 2.75) is 59.0 Å². The van der Waals surface area contributed by atoms with Gasteiger partial charge >= 0.3 is 6.09 Å². The van der Waals surface area contributed by atoms with Crippen LogP contribution in [0.2, 0.25) is 0 Å². The van der Waals surface area contributed by atoms with Gasteiger partial charge in [-0.15, -0.1) is 0 Å². The number of pyridine rings is 1. The first-order valence-electron chi connectivity index (χ1n) is 14.4. The number of hydrogen-bond donors (Lipinski definition) is 1. The first-order valence-corrected chi connectivity index (χ1v) is 14.4. The maximum Gasteiger partial charge on any atom is 0.414 e. The number of rotatable bonds is 8. The number of morpholine rings is 1. The predicted octanol–water partition coefficient (Wildman–Crippen LogP) is 5.22. The molecule has 0 saturated carbocycles. The molecule has 2 atom stereocenters. The van der Waals surface area contributed by atoms with E-state index >= 15 is 0 Å². The van der Waals surface area contributed by atoms with E-state index in [0.29, 0.717) is 55.9 Å². The first kappa shape index (κ1) is 28.6. The molecule has 2 aliphatic heterocycles. The van der Waals surface area contributed by atoms with Gasteiger partial charge in [0.1, 0.15) is 0 Å². The van der Waals surface area contributed by atoms with Crippen LogP contribution in [-0.2, 0) is 15.9 Å². The summed E-state index contributed by atoms with van der Waals surface area (Å²) >= 11 is 0. The summed E-state index contributed by atoms with van der Waals surface area (Å²) in [5.74, 6) is 1.01. The predicted molar refractivity (Wildman–Crippen MR) is 159 cm³/mol. The van der Waals surface area contributed by atoms with Crippen LogP contribution >= 0.6 is 0 Å². The lowest BCUT2D eigenvalue weighted by Crippen LogP contribution is -2.46. The summed E-state index contributed by atoms with van der Waals surface area (Å²) in [5.41, 5.74) is 7.09. The molecule has 3 aromatic rings. The number of ether oxygens (including phenoxy) is 3. The van der Waals surface area contributed by atoms with E-state index in [-0.39, 0.29) is 18.2 Å². The van der Waals surface area contributed by atoms with Gasteiger partial charge in [0.25, 0.3) is 0 Å². The van der Waals surface area contributed by atoms with Crippen molar-refractivity contribution < 1.29 is 19.0 Å². The summed E-state index contributed by atoms with van der Waals surface area (Å²) in [4.78, 5) is 31.6. The molecule has 1 fully saturated rings. The monoisotopic (exact) mass is 560 g/mol. The number of hydrogen-bond acceptors (Lipinski definition) is 9. The van der Waals surface area contributed by atoms with E-state index in [9.17, 15) is 4.79 Å². The van der Waals surface area contributed by atoms with Crippen LogP contribution < -0.4 is 19.9 Å². The summed E-state index contributed by atoms with van der Waals surface area (Å²) in [6, 6.07) is 9.97. The molecular weight excluding hydrogens is 520 g/mol. The summed E-state index contributed by atoms with van der Waals surface area (Å²) in [7, 11) is 1.59. The van der Waals surface area contributed by atoms with Crippen LogP contribution in [0, 0.1) is 13.8 Å². The van der Waals surface area contributed by atoms with Gasteiger partial charge in [-0.1, -0.05) is 36.2 Å². The minimum absolute atomic E-state index is 0.0726. The molecule has 218 valence electrons. The summed E-state index contributed by atoms with van der Waals surface area (Å²) in [6.45, 7) is 11.4. The molecule has 5 rings (SSSR count). The number of benzene rings is 1. The number of carbonyl (C=O) groups is 1. The molecule has 2 aromatic heterocycles. The molecule has 1 N–H and O–H groups in total. The van der Waals surface area contributed by atoms with Crippen LogP contribution in [0.25, 0.3) is 0 Å². The molecule has 0 aliphatic carbocycles. The van der Waals surface area contributed by atoms with Crippen LogP contribution in [0.15, 0.2) is 36.5 Å². The Labute approximate surface area is 242 Å². The van der Waals surface area contributed by atoms with Gasteiger partial charge in [-0.05, 0) is 45.2 Å². The number of fused-ring (bicyclic) bond motifs is 1. The van der Waals surface area contributed by atoms with Gasteiger partial charge < -0.3 is 24.4 Å². The molecule has 0 spiro atoms. The Hall–Kier alpha value is -3.92. The topological polar surface area (TPSA) is 102 Å². The molecule has 2 aliphatic rings. The van der Waals surface area contributed by atoms with Crippen LogP contribution in [0.3, 0.4) is 0 Å². The third kappa shape index (κ3) is 6.37. The Morgan fingerprint density at radius 1 is 1.07 bits per heavy atom. The Bertz CT molecular complexity index is 1360. The Balaban J connectivity index is 1.51. The fourth-order valence-electron chi connectivity index (χ4n) is 5.82. The third-order valence-electron chi connectivity index (χ3n) is 7.64. The highest BCUT2D eigenvalue weighted by Gasteiger charge is 2.38. The average Bonchev–Trinajstić information content (AvgIpc) is 2.97. The highest BCUT2D eigenvalue weighted by atomic mass is 16.6. The van der Waals surface area contributed by atoms with Crippen LogP contribution in [0.1, 0.15) is 60.8 Å². The molecule has 10 nitrogen and oxygen atoms in total. The van der Waals surface area contributed by atoms with E-state index in [0.717, 1.165) is 30.9 Å². The number of nitrogens with one attached hydrogen (secondary N) is 1. The maximum atomic E-state index is 13.0. The Morgan fingerprint density at radius 3 is 2.51 bits per heavy atom. The zero-order chi connectivity index (χ0) is 28.9. The van der Waals surface area contributed by atoms with Crippen molar-refractivity contribution in [2.75, 3.05) is 55.1 Å². The van der Waals surface area contributed by atoms with E-state index in [1.54, 1.807) is 18.1 Å². The zero-order valence-electron chi connectivity index (χ0n) is 24.6. The minimum atomic E-state index is -0.368. The Kier molecular flexibility index (Phi) is 8.87. The number of aryl methyl sites for hydroxylation is 2. The van der Waals surface area contributed by atoms with Crippen molar-refractivity contribution in [3.63, 3.8) is 0 Å². The van der Waals surface area contributed by atoms with Gasteiger partial charge in [0, 0.05) is 31.6 Å². The third-order valence-corrected chi connectivity index (χ3v) is 7.64. The van der Waals surface area contributed by atoms with Gasteiger partial charge in [0.2, 0.25) is 11.8 Å². The fraction of sp³-hybridized carbons (Fsp3) is 0.484. The number of aromatic nitrogens is 3. The lowest BCUT2D eigenvalue weighted by atomic mass is 9.93. The summed E-state index contributed by atoms with van der Waals surface area (Å²) in [5, 5.41) is 3.56. The van der Waals surface area contributed by atoms with E-state index in [2.05, 4.69) is 49.2 Å². The van der Waals surface area contributed by atoms with Crippen molar-refractivity contribution >= 4 is 23.4 Å². The van der Waals surface area contributed by atoms with E-state index in [1.807, 2.05) is 19.2 Å². The number of methoxy groups -OCH3 is 1. The smallest absolute Gasteiger partial charge is 0.414 e. The van der Waals surface area contributed by atoms with Crippen LogP contribution in [-0.4, -0.2) is 67.1 Å². The van der Waals surface area contributed by atoms with Crippen LogP contribution in [0.4, 0.5) is 22.1 Å². The minimum Gasteiger partial charge on any atom is -0.481 e. The lowest BCUT2D eigenvalue weighted by molar-refractivity contribution is 0.122. The molecular formula is C31H40N6O4. The quantitative estimate of drug-likeness (QED) is 0.397. The molecule has 1 amide bonds. The van der Waals surface area contributed by atoms with Gasteiger partial charge in [0.15, 0.2) is 0 Å². The largest absolute Gasteiger partial charge is 0.481 e. The molecule has 41 heavy (non-hydrogen) atoms. The SMILES string of the molecule is CCOC(=O)N1c2ccc(OC)nc2[C@@H](Nc2ncc(N3CCOCC3)c(Cc3cc(C)cc(C)c3)n2)C[C@H]1CC. The van der Waals surface area contributed by atoms with Crippen molar-refractivity contribution in [3.8, 4) is 5.88 Å². The van der Waals surface area contributed by atoms with Gasteiger partial charge in [-0.3, -0.25) is 4.90 Å². The van der Waals surface area contributed by atoms with E-state index in [4.69, 9.17) is 29.2 Å². The number of carbonyl (C=O) groups excluding carboxylic acids is 1. The normalized spacial score (nSPS) is 18.6. The second-order valence-electron chi connectivity index (χ2n) is 10.6. The van der Waals surface area contributed by atoms with Crippen molar-refractivity contribution in [2.24, 2.45) is 0 Å². The maximum absolute atomic E-state index is 13.0. The molecule has 0 bridgehead atoms. The molecule has 0 unspecified atom stereocenters. The molecule has 10 heteroatoms. The highest BCUT2D eigenvalue weighted by Crippen LogP contribution is 2.40. The zero-order valence-corrected chi connectivity index (χ0v) is 24.6. The second-order valence-corrected chi connectivity index (χ2v) is 10.6. The molecule has 0 radical (unpaired) electrons. The number of anilines is 3. The van der Waals surface area contributed by atoms with Crippen molar-refractivity contribution in [1.82, 2.24) is 15.0 Å². The molecule has 4 heterocycles. The summed E-state index contributed by atoms with van der Waals surface area (Å²) in [6.07, 6.45) is 3.63. The van der Waals surface area contributed by atoms with Gasteiger partial charge in [-0.25, -0.2) is 19.7 Å². The molecule has 1 aromatic carbocycles. The lowest BCUT2D eigenvalue weighted by Gasteiger charge is -2.39. The van der Waals surface area contributed by atoms with Gasteiger partial charge in [0.05, 0.1) is 61.9 Å². The standard InChI is InChI=1S/C31H40N6O4/c1-6-23-18-25(29-26(8-9-28(35-29)39-5)37(23)31(38)41-7-2)34-30-32-19-27(36-10-12-40-13-11-36)24(33-30)17-22-15-20(3)14-21(4)16-22/h8-9,14-16,19,23,25H,6-7,10-13,17-18H2,1-5H3,(H,32,33,34)/t23-,25+/m1/s1. The van der Waals surface area contributed by atoms with E-state index < -0.39 is 0 Å². The fourth-order valence-corrected chi connectivity index (χ4v) is 5.82. The van der Waals surface area contributed by atoms with Gasteiger partial charge in [-0.2, -0.15) is 0 Å². The van der Waals surface area contributed by atoms with Crippen molar-refractivity contribution in [1.29, 1.82) is 0 Å². The number of amides is 1. The van der Waals surface area contributed by atoms with Crippen LogP contribution in [0.5, 0.6) is 5.88 Å². The first-order chi connectivity index (χ1) is 19.9. The number of nitrogens with zero attached hydrogens (tertiary/aromatic N) is 5. The Morgan fingerprint density at radius 2 is 1.83 bits per heavy atom. The van der Waals surface area contributed by atoms with E-state index in [1.165, 1.54) is 16.7 Å².